The van der Waals surface area contributed by atoms with Crippen LogP contribution < -0.4 is 20.2 Å². The van der Waals surface area contributed by atoms with E-state index in [1.165, 1.54) is 18.9 Å². The molecule has 0 bridgehead atoms. The van der Waals surface area contributed by atoms with Gasteiger partial charge in [0.05, 0.1) is 12.7 Å². The molecule has 11 heteroatoms. The average Bonchev–Trinajstić information content (AvgIpc) is 2.70. The number of aliphatic carboxylic acids is 1. The molecular weight excluding hydrogens is 464 g/mol. The van der Waals surface area contributed by atoms with Crippen molar-refractivity contribution in [2.24, 2.45) is 5.73 Å². The largest absolute Gasteiger partial charge is 0.543 e. The predicted molar refractivity (Wildman–Crippen MR) is 130 cm³/mol. The van der Waals surface area contributed by atoms with Crippen molar-refractivity contribution in [3.05, 3.63) is 22.8 Å². The quantitative estimate of drug-likeness (QED) is 0.422. The molecule has 1 heterocycles. The number of hydrogen-bond donors (Lipinski definition) is 3. The van der Waals surface area contributed by atoms with Crippen LogP contribution in [-0.2, 0) is 20.1 Å². The number of carboxylic acids is 1. The molecule has 0 unspecified atom stereocenters. The average molecular weight is 499 g/mol. The summed E-state index contributed by atoms with van der Waals surface area (Å²) in [5.74, 6) is -1.14. The van der Waals surface area contributed by atoms with E-state index in [0.29, 0.717) is 22.6 Å². The highest BCUT2D eigenvalue weighted by atomic mass is 32.2. The standard InChI is InChI=1S/C22H34N2O7SSi/c1-12-16(29-5)8-17(31-33(6,7)22(2,3)4)13-10-32-11-15(20(26)27)24-19(25)14(23)9-30-21(28)18(12)13/h8,14-15H,9-11,23H2,1-7H3,(H,24,25)(H,26,27)/t14-,15-/m0/s1. The Bertz CT molecular complexity index is 930. The number of ether oxygens (including phenoxy) is 2. The molecule has 0 aliphatic carbocycles. The van der Waals surface area contributed by atoms with Gasteiger partial charge < -0.3 is 30.1 Å². The number of carbonyl (C=O) groups is 3. The molecule has 2 atom stereocenters. The lowest BCUT2D eigenvalue weighted by atomic mass is 10.0. The van der Waals surface area contributed by atoms with Crippen molar-refractivity contribution in [2.45, 2.75) is 63.7 Å². The van der Waals surface area contributed by atoms with Gasteiger partial charge in [-0.15, -0.1) is 0 Å². The van der Waals surface area contributed by atoms with E-state index in [1.54, 1.807) is 13.0 Å². The number of methoxy groups -OCH3 is 1. The highest BCUT2D eigenvalue weighted by Gasteiger charge is 2.40. The number of amides is 1. The molecule has 1 aliphatic heterocycles. The highest BCUT2D eigenvalue weighted by Crippen LogP contribution is 2.42. The van der Waals surface area contributed by atoms with Crippen LogP contribution in [0.25, 0.3) is 0 Å². The first kappa shape index (κ1) is 27.0. The molecule has 0 aromatic heterocycles. The Hall–Kier alpha value is -2.24. The van der Waals surface area contributed by atoms with Crippen LogP contribution >= 0.6 is 11.8 Å². The summed E-state index contributed by atoms with van der Waals surface area (Å²) in [6, 6.07) is -0.551. The van der Waals surface area contributed by atoms with Crippen molar-refractivity contribution in [1.82, 2.24) is 5.32 Å². The minimum Gasteiger partial charge on any atom is -0.543 e. The number of rotatable bonds is 4. The fraction of sp³-hybridized carbons (Fsp3) is 0.591. The molecule has 1 amide bonds. The Morgan fingerprint density at radius 1 is 1.30 bits per heavy atom. The van der Waals surface area contributed by atoms with E-state index in [9.17, 15) is 19.5 Å². The van der Waals surface area contributed by atoms with E-state index in [2.05, 4.69) is 39.2 Å². The van der Waals surface area contributed by atoms with Gasteiger partial charge in [0.1, 0.15) is 30.2 Å². The summed E-state index contributed by atoms with van der Waals surface area (Å²) in [5, 5.41) is 11.8. The number of nitrogens with two attached hydrogens (primary N) is 1. The van der Waals surface area contributed by atoms with Crippen LogP contribution in [0.15, 0.2) is 6.07 Å². The minimum atomic E-state index is -2.29. The second-order valence-corrected chi connectivity index (χ2v) is 15.3. The number of esters is 1. The molecule has 184 valence electrons. The van der Waals surface area contributed by atoms with Crippen molar-refractivity contribution in [1.29, 1.82) is 0 Å². The number of carboxylic acid groups (broad SMARTS) is 1. The zero-order valence-electron chi connectivity index (χ0n) is 20.2. The van der Waals surface area contributed by atoms with E-state index >= 15 is 0 Å². The Labute approximate surface area is 199 Å². The molecule has 0 saturated heterocycles. The fourth-order valence-corrected chi connectivity index (χ4v) is 5.09. The summed E-state index contributed by atoms with van der Waals surface area (Å²) in [4.78, 5) is 37.0. The SMILES string of the molecule is COc1cc(O[Si](C)(C)C(C)(C)C)c2c(c1C)C(=O)OC[C@H](N)C(=O)N[C@H](C(=O)O)CSC2. The summed E-state index contributed by atoms with van der Waals surface area (Å²) in [6.07, 6.45) is 0. The number of thioether (sulfide) groups is 1. The topological polar surface area (TPSA) is 137 Å². The Morgan fingerprint density at radius 3 is 2.48 bits per heavy atom. The van der Waals surface area contributed by atoms with Crippen LogP contribution in [0.5, 0.6) is 11.5 Å². The molecule has 0 spiro atoms. The Kier molecular flexibility index (Phi) is 8.47. The number of benzene rings is 1. The normalized spacial score (nSPS) is 20.5. The fourth-order valence-electron chi connectivity index (χ4n) is 2.98. The van der Waals surface area contributed by atoms with E-state index in [1.807, 2.05) is 0 Å². The van der Waals surface area contributed by atoms with Gasteiger partial charge in [0.25, 0.3) is 0 Å². The van der Waals surface area contributed by atoms with Gasteiger partial charge >= 0.3 is 11.9 Å². The Morgan fingerprint density at radius 2 is 1.94 bits per heavy atom. The zero-order valence-corrected chi connectivity index (χ0v) is 22.1. The van der Waals surface area contributed by atoms with Crippen LogP contribution in [0.4, 0.5) is 0 Å². The lowest BCUT2D eigenvalue weighted by Gasteiger charge is -2.37. The first-order valence-corrected chi connectivity index (χ1v) is 14.7. The van der Waals surface area contributed by atoms with Gasteiger partial charge in [-0.2, -0.15) is 11.8 Å². The number of fused-ring (bicyclic) bond motifs is 1. The van der Waals surface area contributed by atoms with Gasteiger partial charge in [-0.05, 0) is 25.1 Å². The first-order chi connectivity index (χ1) is 15.2. The molecule has 0 fully saturated rings. The third-order valence-electron chi connectivity index (χ3n) is 6.08. The summed E-state index contributed by atoms with van der Waals surface area (Å²) in [7, 11) is -0.777. The van der Waals surface area contributed by atoms with Gasteiger partial charge in [-0.3, -0.25) is 4.79 Å². The zero-order chi connectivity index (χ0) is 25.1. The number of nitrogens with one attached hydrogen (secondary N) is 1. The highest BCUT2D eigenvalue weighted by molar-refractivity contribution is 7.98. The number of carbonyl (C=O) groups excluding carboxylic acids is 2. The molecule has 1 aliphatic rings. The molecule has 9 nitrogen and oxygen atoms in total. The van der Waals surface area contributed by atoms with Crippen molar-refractivity contribution in [3.63, 3.8) is 0 Å². The Balaban J connectivity index is 2.63. The van der Waals surface area contributed by atoms with Gasteiger partial charge in [0, 0.05) is 28.7 Å². The van der Waals surface area contributed by atoms with Gasteiger partial charge in [-0.1, -0.05) is 20.8 Å². The van der Waals surface area contributed by atoms with E-state index in [4.69, 9.17) is 19.6 Å². The molecule has 33 heavy (non-hydrogen) atoms. The maximum atomic E-state index is 13.1. The summed E-state index contributed by atoms with van der Waals surface area (Å²) < 4.78 is 17.5. The van der Waals surface area contributed by atoms with Crippen molar-refractivity contribution < 1.29 is 33.4 Å². The lowest BCUT2D eigenvalue weighted by molar-refractivity contribution is -0.141. The summed E-state index contributed by atoms with van der Waals surface area (Å²) >= 11 is 1.27. The van der Waals surface area contributed by atoms with E-state index in [0.717, 1.165) is 0 Å². The van der Waals surface area contributed by atoms with Crippen LogP contribution in [0, 0.1) is 6.92 Å². The number of hydrogen-bond acceptors (Lipinski definition) is 8. The van der Waals surface area contributed by atoms with Crippen molar-refractivity contribution in [3.8, 4) is 11.5 Å². The maximum absolute atomic E-state index is 13.1. The molecule has 1 aromatic rings. The minimum absolute atomic E-state index is 0.0902. The summed E-state index contributed by atoms with van der Waals surface area (Å²) in [5.41, 5.74) is 7.30. The molecule has 4 N–H and O–H groups in total. The van der Waals surface area contributed by atoms with Crippen LogP contribution in [-0.4, -0.2) is 62.8 Å². The smallest absolute Gasteiger partial charge is 0.339 e. The van der Waals surface area contributed by atoms with E-state index < -0.39 is 44.9 Å². The van der Waals surface area contributed by atoms with Crippen LogP contribution in [0.3, 0.4) is 0 Å². The molecule has 1 aromatic carbocycles. The van der Waals surface area contributed by atoms with Gasteiger partial charge in [0.2, 0.25) is 14.2 Å². The monoisotopic (exact) mass is 498 g/mol. The third kappa shape index (κ3) is 6.21. The molecule has 0 saturated carbocycles. The van der Waals surface area contributed by atoms with Crippen molar-refractivity contribution >= 4 is 37.9 Å². The van der Waals surface area contributed by atoms with Crippen LogP contribution in [0.2, 0.25) is 18.1 Å². The third-order valence-corrected chi connectivity index (χ3v) is 11.5. The predicted octanol–water partition coefficient (Wildman–Crippen LogP) is 2.69. The number of cyclic esters (lactones) is 1. The van der Waals surface area contributed by atoms with Crippen LogP contribution in [0.1, 0.15) is 42.3 Å². The second kappa shape index (κ2) is 10.4. The van der Waals surface area contributed by atoms with E-state index in [-0.39, 0.29) is 22.1 Å². The lowest BCUT2D eigenvalue weighted by Crippen LogP contribution is -2.51. The molecule has 2 rings (SSSR count). The first-order valence-electron chi connectivity index (χ1n) is 10.6. The molecular formula is C22H34N2O7SSi. The molecule has 0 radical (unpaired) electrons. The van der Waals surface area contributed by atoms with Gasteiger partial charge in [0.15, 0.2) is 0 Å². The second-order valence-electron chi connectivity index (χ2n) is 9.54. The summed E-state index contributed by atoms with van der Waals surface area (Å²) in [6.45, 7) is 11.9. The van der Waals surface area contributed by atoms with Gasteiger partial charge in [-0.25, -0.2) is 9.59 Å². The maximum Gasteiger partial charge on any atom is 0.339 e. The van der Waals surface area contributed by atoms with Crippen molar-refractivity contribution in [2.75, 3.05) is 19.5 Å².